The molecule has 3 nitrogen and oxygen atoms in total. The van der Waals surface area contributed by atoms with Crippen LogP contribution in [0, 0.1) is 0 Å². The molecule has 1 aliphatic rings. The smallest absolute Gasteiger partial charge is 0.164 e. The van der Waals surface area contributed by atoms with E-state index in [0.717, 1.165) is 51.0 Å². The maximum Gasteiger partial charge on any atom is 0.164 e. The van der Waals surface area contributed by atoms with E-state index in [2.05, 4.69) is 17.7 Å². The van der Waals surface area contributed by atoms with E-state index in [1.807, 2.05) is 6.20 Å². The monoisotopic (exact) mass is 235 g/mol. The molecule has 1 aromatic heterocycles. The molecule has 17 heavy (non-hydrogen) atoms. The largest absolute Gasteiger partial charge is 0.380 e. The van der Waals surface area contributed by atoms with Gasteiger partial charge in [-0.3, -0.25) is 4.79 Å². The van der Waals surface area contributed by atoms with Gasteiger partial charge in [-0.2, -0.15) is 0 Å². The molecule has 0 spiro atoms. The Hall–Kier alpha value is -1.09. The van der Waals surface area contributed by atoms with Gasteiger partial charge in [-0.05, 0) is 31.2 Å². The van der Waals surface area contributed by atoms with Gasteiger partial charge in [0, 0.05) is 37.5 Å². The highest BCUT2D eigenvalue weighted by Crippen LogP contribution is 2.21. The third kappa shape index (κ3) is 3.19. The molecule has 3 heteroatoms. The molecule has 1 aliphatic carbocycles. The summed E-state index contributed by atoms with van der Waals surface area (Å²) in [4.78, 5) is 11.9. The average Bonchev–Trinajstić information content (AvgIpc) is 2.66. The molecule has 0 fully saturated rings. The third-order valence-electron chi connectivity index (χ3n) is 3.21. The maximum atomic E-state index is 11.9. The van der Waals surface area contributed by atoms with Crippen molar-refractivity contribution in [1.82, 2.24) is 4.57 Å². The second-order valence-corrected chi connectivity index (χ2v) is 4.68. The van der Waals surface area contributed by atoms with Gasteiger partial charge in [0.05, 0.1) is 6.61 Å². The summed E-state index contributed by atoms with van der Waals surface area (Å²) in [5.74, 6) is 0.311. The van der Waals surface area contributed by atoms with E-state index in [-0.39, 0.29) is 0 Å². The average molecular weight is 235 g/mol. The van der Waals surface area contributed by atoms with E-state index >= 15 is 0 Å². The Morgan fingerprint density at radius 3 is 2.88 bits per heavy atom. The summed E-state index contributed by atoms with van der Waals surface area (Å²) in [6.45, 7) is 4.51. The molecule has 0 amide bonds. The molecule has 0 N–H and O–H groups in total. The lowest BCUT2D eigenvalue weighted by molar-refractivity contribution is 0.0981. The molecule has 0 radical (unpaired) electrons. The van der Waals surface area contributed by atoms with Crippen LogP contribution >= 0.6 is 0 Å². The fourth-order valence-corrected chi connectivity index (χ4v) is 2.29. The number of aromatic nitrogens is 1. The minimum Gasteiger partial charge on any atom is -0.380 e. The predicted molar refractivity (Wildman–Crippen MR) is 67.4 cm³/mol. The Morgan fingerprint density at radius 1 is 1.24 bits per heavy atom. The summed E-state index contributed by atoms with van der Waals surface area (Å²) in [7, 11) is 0. The Kier molecular flexibility index (Phi) is 4.37. The van der Waals surface area contributed by atoms with Gasteiger partial charge in [0.25, 0.3) is 0 Å². The van der Waals surface area contributed by atoms with Gasteiger partial charge < -0.3 is 9.30 Å². The number of ether oxygens (including phenoxy) is 1. The Labute approximate surface area is 103 Å². The fraction of sp³-hybridized carbons (Fsp3) is 0.643. The van der Waals surface area contributed by atoms with Crippen LogP contribution < -0.4 is 0 Å². The van der Waals surface area contributed by atoms with E-state index in [9.17, 15) is 4.79 Å². The van der Waals surface area contributed by atoms with Crippen molar-refractivity contribution in [2.75, 3.05) is 13.2 Å². The first-order valence-corrected chi connectivity index (χ1v) is 6.61. The molecule has 1 heterocycles. The summed E-state index contributed by atoms with van der Waals surface area (Å²) < 4.78 is 7.57. The van der Waals surface area contributed by atoms with Crippen LogP contribution in [-0.2, 0) is 17.7 Å². The molecule has 0 bridgehead atoms. The van der Waals surface area contributed by atoms with Crippen LogP contribution in [0.15, 0.2) is 12.4 Å². The molecule has 0 aromatic carbocycles. The zero-order valence-electron chi connectivity index (χ0n) is 10.6. The number of hydrogen-bond acceptors (Lipinski definition) is 2. The minimum absolute atomic E-state index is 0.311. The van der Waals surface area contributed by atoms with E-state index in [4.69, 9.17) is 4.74 Å². The van der Waals surface area contributed by atoms with Crippen molar-refractivity contribution in [3.63, 3.8) is 0 Å². The SMILES string of the molecule is CCCOCCn1cc2c(c1)C(=O)CCCC2. The van der Waals surface area contributed by atoms with Crippen molar-refractivity contribution in [1.29, 1.82) is 0 Å². The van der Waals surface area contributed by atoms with E-state index in [0.29, 0.717) is 12.2 Å². The van der Waals surface area contributed by atoms with Crippen molar-refractivity contribution in [3.8, 4) is 0 Å². The Bertz CT molecular complexity index is 382. The summed E-state index contributed by atoms with van der Waals surface area (Å²) >= 11 is 0. The number of fused-ring (bicyclic) bond motifs is 1. The topological polar surface area (TPSA) is 31.2 Å². The molecule has 0 atom stereocenters. The summed E-state index contributed by atoms with van der Waals surface area (Å²) in [5.41, 5.74) is 2.17. The zero-order valence-corrected chi connectivity index (χ0v) is 10.6. The van der Waals surface area contributed by atoms with Crippen molar-refractivity contribution < 1.29 is 9.53 Å². The van der Waals surface area contributed by atoms with Gasteiger partial charge in [-0.1, -0.05) is 6.92 Å². The van der Waals surface area contributed by atoms with Gasteiger partial charge in [0.2, 0.25) is 0 Å². The third-order valence-corrected chi connectivity index (χ3v) is 3.21. The first kappa shape index (κ1) is 12.4. The van der Waals surface area contributed by atoms with Crippen LogP contribution in [0.4, 0.5) is 0 Å². The van der Waals surface area contributed by atoms with Crippen molar-refractivity contribution in [2.24, 2.45) is 0 Å². The highest BCUT2D eigenvalue weighted by atomic mass is 16.5. The number of nitrogens with zero attached hydrogens (tertiary/aromatic N) is 1. The lowest BCUT2D eigenvalue weighted by Gasteiger charge is -2.03. The molecule has 94 valence electrons. The number of carbonyl (C=O) groups excluding carboxylic acids is 1. The molecule has 0 saturated heterocycles. The van der Waals surface area contributed by atoms with E-state index in [1.165, 1.54) is 5.56 Å². The van der Waals surface area contributed by atoms with Crippen molar-refractivity contribution in [2.45, 2.75) is 45.6 Å². The van der Waals surface area contributed by atoms with E-state index in [1.54, 1.807) is 0 Å². The van der Waals surface area contributed by atoms with Gasteiger partial charge in [0.15, 0.2) is 5.78 Å². The van der Waals surface area contributed by atoms with Crippen LogP contribution in [0.3, 0.4) is 0 Å². The molecule has 0 aliphatic heterocycles. The standard InChI is InChI=1S/C14H21NO2/c1-2-8-17-9-7-15-10-12-5-3-4-6-14(16)13(12)11-15/h10-11H,2-9H2,1H3. The summed E-state index contributed by atoms with van der Waals surface area (Å²) in [6.07, 6.45) is 9.10. The van der Waals surface area contributed by atoms with Crippen LogP contribution in [0.1, 0.15) is 48.5 Å². The zero-order chi connectivity index (χ0) is 12.1. The lowest BCUT2D eigenvalue weighted by Crippen LogP contribution is -2.05. The number of hydrogen-bond donors (Lipinski definition) is 0. The number of Topliss-reactive ketones (excluding diaryl/α,β-unsaturated/α-hetero) is 1. The predicted octanol–water partition coefficient (Wildman–Crippen LogP) is 2.82. The number of rotatable bonds is 5. The highest BCUT2D eigenvalue weighted by Gasteiger charge is 2.17. The van der Waals surface area contributed by atoms with Crippen LogP contribution in [0.2, 0.25) is 0 Å². The quantitative estimate of drug-likeness (QED) is 0.580. The molecule has 1 aromatic rings. The number of ketones is 1. The second-order valence-electron chi connectivity index (χ2n) is 4.68. The minimum atomic E-state index is 0.311. The number of carbonyl (C=O) groups is 1. The summed E-state index contributed by atoms with van der Waals surface area (Å²) in [5, 5.41) is 0. The van der Waals surface area contributed by atoms with Crippen molar-refractivity contribution in [3.05, 3.63) is 23.5 Å². The number of aryl methyl sites for hydroxylation is 1. The molecular formula is C14H21NO2. The maximum absolute atomic E-state index is 11.9. The van der Waals surface area contributed by atoms with Gasteiger partial charge in [-0.25, -0.2) is 0 Å². The van der Waals surface area contributed by atoms with E-state index < -0.39 is 0 Å². The van der Waals surface area contributed by atoms with Gasteiger partial charge in [-0.15, -0.1) is 0 Å². The first-order chi connectivity index (χ1) is 8.31. The second kappa shape index (κ2) is 6.01. The van der Waals surface area contributed by atoms with Crippen LogP contribution in [-0.4, -0.2) is 23.6 Å². The Morgan fingerprint density at radius 2 is 2.06 bits per heavy atom. The molecule has 0 unspecified atom stereocenters. The first-order valence-electron chi connectivity index (χ1n) is 6.61. The Balaban J connectivity index is 1.96. The molecule has 2 rings (SSSR count). The highest BCUT2D eigenvalue weighted by molar-refractivity contribution is 5.97. The fourth-order valence-electron chi connectivity index (χ4n) is 2.29. The summed E-state index contributed by atoms with van der Waals surface area (Å²) in [6, 6.07) is 0. The van der Waals surface area contributed by atoms with Crippen LogP contribution in [0.25, 0.3) is 0 Å². The van der Waals surface area contributed by atoms with Crippen LogP contribution in [0.5, 0.6) is 0 Å². The van der Waals surface area contributed by atoms with Gasteiger partial charge in [0.1, 0.15) is 0 Å². The van der Waals surface area contributed by atoms with Crippen molar-refractivity contribution >= 4 is 5.78 Å². The molecular weight excluding hydrogens is 214 g/mol. The normalized spacial score (nSPS) is 15.7. The lowest BCUT2D eigenvalue weighted by atomic mass is 10.1. The van der Waals surface area contributed by atoms with Gasteiger partial charge >= 0.3 is 0 Å². The molecule has 0 saturated carbocycles.